The molecule has 2 N–H and O–H groups in total. The van der Waals surface area contributed by atoms with Crippen LogP contribution in [0.5, 0.6) is 5.75 Å². The minimum Gasteiger partial charge on any atom is -0.492 e. The van der Waals surface area contributed by atoms with Gasteiger partial charge in [-0.25, -0.2) is 9.31 Å². The molecule has 6 heterocycles. The highest BCUT2D eigenvalue weighted by Crippen LogP contribution is 2.46. The fourth-order valence-electron chi connectivity index (χ4n) is 6.04. The first-order valence-electron chi connectivity index (χ1n) is 13.5. The van der Waals surface area contributed by atoms with Crippen molar-refractivity contribution in [1.29, 1.82) is 0 Å². The van der Waals surface area contributed by atoms with Crippen LogP contribution >= 0.6 is 0 Å². The summed E-state index contributed by atoms with van der Waals surface area (Å²) in [6.45, 7) is 10.0. The van der Waals surface area contributed by atoms with E-state index in [0.29, 0.717) is 6.61 Å². The number of hydrogen-bond acceptors (Lipinski definition) is 7. The maximum atomic E-state index is 13.5. The SMILES string of the molecule is CCOc1cc(-c2ccc(C3CCC4(CCCNC4)N3C(=O)OC(C)(C)C)nc2)c2c3cn[nH]c3nn2c1. The number of piperidine rings is 1. The summed E-state index contributed by atoms with van der Waals surface area (Å²) < 4.78 is 13.6. The molecule has 4 aromatic heterocycles. The number of aromatic nitrogens is 5. The molecule has 0 saturated carbocycles. The van der Waals surface area contributed by atoms with Crippen molar-refractivity contribution in [2.75, 3.05) is 19.7 Å². The number of nitrogens with one attached hydrogen (secondary N) is 2. The molecular weight excluding hydrogens is 482 g/mol. The summed E-state index contributed by atoms with van der Waals surface area (Å²) >= 11 is 0. The van der Waals surface area contributed by atoms with Gasteiger partial charge in [0, 0.05) is 23.9 Å². The molecule has 1 spiro atoms. The quantitative estimate of drug-likeness (QED) is 0.398. The molecule has 2 aliphatic heterocycles. The molecule has 2 fully saturated rings. The third-order valence-electron chi connectivity index (χ3n) is 7.60. The van der Waals surface area contributed by atoms with Crippen molar-refractivity contribution in [1.82, 2.24) is 35.0 Å². The van der Waals surface area contributed by atoms with Gasteiger partial charge in [-0.1, -0.05) is 6.07 Å². The molecule has 6 rings (SSSR count). The maximum absolute atomic E-state index is 13.5. The largest absolute Gasteiger partial charge is 0.492 e. The molecule has 0 aliphatic carbocycles. The molecule has 2 unspecified atom stereocenters. The van der Waals surface area contributed by atoms with Crippen molar-refractivity contribution in [2.45, 2.75) is 70.6 Å². The van der Waals surface area contributed by atoms with Gasteiger partial charge in [-0.3, -0.25) is 15.0 Å². The van der Waals surface area contributed by atoms with Gasteiger partial charge in [0.2, 0.25) is 0 Å². The monoisotopic (exact) mass is 517 g/mol. The average Bonchev–Trinajstić information content (AvgIpc) is 3.57. The normalized spacial score (nSPS) is 22.0. The average molecular weight is 518 g/mol. The lowest BCUT2D eigenvalue weighted by Gasteiger charge is -2.44. The smallest absolute Gasteiger partial charge is 0.411 e. The maximum Gasteiger partial charge on any atom is 0.411 e. The molecule has 200 valence electrons. The number of fused-ring (bicyclic) bond motifs is 3. The summed E-state index contributed by atoms with van der Waals surface area (Å²) in [5, 5.41) is 16.2. The number of hydrogen-bond donors (Lipinski definition) is 2. The second-order valence-electron chi connectivity index (χ2n) is 11.3. The van der Waals surface area contributed by atoms with Crippen LogP contribution in [-0.2, 0) is 4.74 Å². The Labute approximate surface area is 221 Å². The van der Waals surface area contributed by atoms with Crippen molar-refractivity contribution in [2.24, 2.45) is 0 Å². The van der Waals surface area contributed by atoms with Gasteiger partial charge in [-0.2, -0.15) is 5.10 Å². The Hall–Kier alpha value is -3.66. The van der Waals surface area contributed by atoms with E-state index in [0.717, 1.165) is 77.9 Å². The van der Waals surface area contributed by atoms with Crippen LogP contribution in [0.4, 0.5) is 4.79 Å². The summed E-state index contributed by atoms with van der Waals surface area (Å²) in [5.41, 5.74) is 3.63. The minimum absolute atomic E-state index is 0.135. The van der Waals surface area contributed by atoms with Crippen molar-refractivity contribution < 1.29 is 14.3 Å². The van der Waals surface area contributed by atoms with Crippen LogP contribution in [-0.4, -0.2) is 66.6 Å². The molecule has 38 heavy (non-hydrogen) atoms. The first kappa shape index (κ1) is 24.7. The van der Waals surface area contributed by atoms with Crippen LogP contribution in [0.25, 0.3) is 27.7 Å². The molecule has 1 amide bonds. The van der Waals surface area contributed by atoms with Crippen LogP contribution in [0.2, 0.25) is 0 Å². The van der Waals surface area contributed by atoms with Crippen molar-refractivity contribution in [3.63, 3.8) is 0 Å². The molecule has 0 aromatic carbocycles. The number of likely N-dealkylation sites (tertiary alicyclic amines) is 1. The van der Waals surface area contributed by atoms with Gasteiger partial charge in [0.05, 0.1) is 47.2 Å². The molecule has 10 nitrogen and oxygen atoms in total. The van der Waals surface area contributed by atoms with E-state index >= 15 is 0 Å². The number of carbonyl (C=O) groups excluding carboxylic acids is 1. The number of carbonyl (C=O) groups is 1. The van der Waals surface area contributed by atoms with Crippen LogP contribution in [0.15, 0.2) is 36.8 Å². The molecule has 10 heteroatoms. The van der Waals surface area contributed by atoms with Gasteiger partial charge < -0.3 is 14.8 Å². The van der Waals surface area contributed by atoms with E-state index < -0.39 is 5.60 Å². The molecule has 2 saturated heterocycles. The van der Waals surface area contributed by atoms with E-state index in [-0.39, 0.29) is 17.7 Å². The van der Waals surface area contributed by atoms with Gasteiger partial charge in [-0.05, 0) is 72.1 Å². The Morgan fingerprint density at radius 2 is 2.11 bits per heavy atom. The van der Waals surface area contributed by atoms with Crippen LogP contribution < -0.4 is 10.1 Å². The summed E-state index contributed by atoms with van der Waals surface area (Å²) in [4.78, 5) is 20.4. The highest BCUT2D eigenvalue weighted by atomic mass is 16.6. The van der Waals surface area contributed by atoms with Crippen molar-refractivity contribution in [3.8, 4) is 16.9 Å². The fraction of sp³-hybridized carbons (Fsp3) is 0.500. The molecule has 0 bridgehead atoms. The van der Waals surface area contributed by atoms with E-state index in [2.05, 4.69) is 26.7 Å². The third kappa shape index (κ3) is 4.26. The second-order valence-corrected chi connectivity index (χ2v) is 11.3. The van der Waals surface area contributed by atoms with E-state index in [1.807, 2.05) is 61.6 Å². The second kappa shape index (κ2) is 9.27. The lowest BCUT2D eigenvalue weighted by molar-refractivity contribution is -0.00813. The highest BCUT2D eigenvalue weighted by molar-refractivity contribution is 6.00. The predicted octanol–water partition coefficient (Wildman–Crippen LogP) is 4.87. The van der Waals surface area contributed by atoms with Gasteiger partial charge in [0.15, 0.2) is 5.65 Å². The van der Waals surface area contributed by atoms with Crippen LogP contribution in [0.1, 0.15) is 65.1 Å². The van der Waals surface area contributed by atoms with E-state index in [1.165, 1.54) is 0 Å². The predicted molar refractivity (Wildman–Crippen MR) is 144 cm³/mol. The zero-order chi connectivity index (χ0) is 26.5. The number of rotatable bonds is 4. The molecule has 0 radical (unpaired) electrons. The summed E-state index contributed by atoms with van der Waals surface area (Å²) in [6, 6.07) is 6.00. The Morgan fingerprint density at radius 1 is 1.24 bits per heavy atom. The first-order chi connectivity index (χ1) is 18.3. The number of ether oxygens (including phenoxy) is 2. The zero-order valence-electron chi connectivity index (χ0n) is 22.5. The Balaban J connectivity index is 1.38. The number of aromatic amines is 1. The highest BCUT2D eigenvalue weighted by Gasteiger charge is 2.51. The number of amides is 1. The fourth-order valence-corrected chi connectivity index (χ4v) is 6.04. The van der Waals surface area contributed by atoms with Crippen molar-refractivity contribution >= 4 is 22.6 Å². The van der Waals surface area contributed by atoms with Crippen molar-refractivity contribution in [3.05, 3.63) is 42.5 Å². The summed E-state index contributed by atoms with van der Waals surface area (Å²) in [7, 11) is 0. The van der Waals surface area contributed by atoms with E-state index in [4.69, 9.17) is 14.5 Å². The summed E-state index contributed by atoms with van der Waals surface area (Å²) in [6.07, 6.45) is 9.09. The van der Waals surface area contributed by atoms with Crippen LogP contribution in [0, 0.1) is 0 Å². The Morgan fingerprint density at radius 3 is 2.82 bits per heavy atom. The molecule has 2 atom stereocenters. The van der Waals surface area contributed by atoms with E-state index in [9.17, 15) is 4.79 Å². The lowest BCUT2D eigenvalue weighted by atomic mass is 9.88. The minimum atomic E-state index is -0.564. The first-order valence-corrected chi connectivity index (χ1v) is 13.5. The van der Waals surface area contributed by atoms with Gasteiger partial charge >= 0.3 is 6.09 Å². The molecular formula is C28H35N7O3. The zero-order valence-corrected chi connectivity index (χ0v) is 22.5. The van der Waals surface area contributed by atoms with Gasteiger partial charge in [0.1, 0.15) is 11.4 Å². The number of H-pyrrole nitrogens is 1. The number of nitrogens with zero attached hydrogens (tertiary/aromatic N) is 5. The molecule has 2 aliphatic rings. The van der Waals surface area contributed by atoms with E-state index in [1.54, 1.807) is 6.20 Å². The Kier molecular flexibility index (Phi) is 6.02. The summed E-state index contributed by atoms with van der Waals surface area (Å²) in [5.74, 6) is 0.732. The molecule has 4 aromatic rings. The van der Waals surface area contributed by atoms with Gasteiger partial charge in [0.25, 0.3) is 0 Å². The lowest BCUT2D eigenvalue weighted by Crippen LogP contribution is -2.57. The van der Waals surface area contributed by atoms with Gasteiger partial charge in [-0.15, -0.1) is 5.10 Å². The topological polar surface area (TPSA) is 110 Å². The Bertz CT molecular complexity index is 1460. The standard InChI is InChI=1S/C28H35N7O3/c1-5-37-19-13-20(24-21-15-31-32-25(21)33-34(24)16-19)18-7-8-22(30-14-18)23-9-11-28(10-6-12-29-17-28)35(23)26(36)38-27(2,3)4/h7-8,13-16,23,29H,5-6,9-12,17H2,1-4H3,(H,32,33). The third-order valence-corrected chi connectivity index (χ3v) is 7.60. The number of pyridine rings is 2. The van der Waals surface area contributed by atoms with Crippen LogP contribution in [0.3, 0.4) is 0 Å².